The molecule has 2 atom stereocenters. The van der Waals surface area contributed by atoms with E-state index in [9.17, 15) is 0 Å². The number of hydrogen-bond donors (Lipinski definition) is 0. The van der Waals surface area contributed by atoms with Crippen LogP contribution in [0.5, 0.6) is 0 Å². The van der Waals surface area contributed by atoms with Gasteiger partial charge < -0.3 is 9.64 Å². The SMILES string of the molecule is Cc1cccc(C)c1N1CO[C@@H](C(C)(C)C)[C@H]1C(C)(C)C. The molecular formula is C19H31NO. The number of benzene rings is 1. The number of anilines is 1. The molecule has 1 aliphatic rings. The van der Waals surface area contributed by atoms with Crippen molar-refractivity contribution in [3.05, 3.63) is 29.3 Å². The Hall–Kier alpha value is -1.02. The van der Waals surface area contributed by atoms with E-state index in [1.807, 2.05) is 0 Å². The summed E-state index contributed by atoms with van der Waals surface area (Å²) < 4.78 is 6.26. The van der Waals surface area contributed by atoms with Crippen molar-refractivity contribution in [2.75, 3.05) is 11.6 Å². The fourth-order valence-electron chi connectivity index (χ4n) is 3.60. The summed E-state index contributed by atoms with van der Waals surface area (Å²) in [6.07, 6.45) is 0.247. The maximum atomic E-state index is 6.26. The zero-order valence-electron chi connectivity index (χ0n) is 14.9. The summed E-state index contributed by atoms with van der Waals surface area (Å²) in [5, 5.41) is 0. The molecule has 1 fully saturated rings. The lowest BCUT2D eigenvalue weighted by molar-refractivity contribution is 0.00413. The number of para-hydroxylation sites is 1. The van der Waals surface area contributed by atoms with Crippen molar-refractivity contribution in [1.82, 2.24) is 0 Å². The molecule has 118 valence electrons. The third-order valence-corrected chi connectivity index (χ3v) is 4.48. The molecule has 2 heteroatoms. The highest BCUT2D eigenvalue weighted by Crippen LogP contribution is 2.43. The van der Waals surface area contributed by atoms with Gasteiger partial charge >= 0.3 is 0 Å². The van der Waals surface area contributed by atoms with Gasteiger partial charge in [0.05, 0.1) is 12.1 Å². The van der Waals surface area contributed by atoms with Crippen molar-refractivity contribution in [1.29, 1.82) is 0 Å². The zero-order chi connectivity index (χ0) is 16.0. The minimum absolute atomic E-state index is 0.142. The predicted octanol–water partition coefficient (Wildman–Crippen LogP) is 4.93. The molecule has 0 saturated carbocycles. The first-order chi connectivity index (χ1) is 9.53. The molecule has 0 N–H and O–H groups in total. The van der Waals surface area contributed by atoms with E-state index in [1.54, 1.807) is 0 Å². The maximum Gasteiger partial charge on any atom is 0.119 e. The Morgan fingerprint density at radius 2 is 1.48 bits per heavy atom. The summed E-state index contributed by atoms with van der Waals surface area (Å²) in [7, 11) is 0. The van der Waals surface area contributed by atoms with Crippen molar-refractivity contribution in [3.8, 4) is 0 Å². The molecular weight excluding hydrogens is 258 g/mol. The largest absolute Gasteiger partial charge is 0.355 e. The predicted molar refractivity (Wildman–Crippen MR) is 90.8 cm³/mol. The number of aryl methyl sites for hydroxylation is 2. The van der Waals surface area contributed by atoms with Crippen LogP contribution in [-0.2, 0) is 4.74 Å². The third-order valence-electron chi connectivity index (χ3n) is 4.48. The summed E-state index contributed by atoms with van der Waals surface area (Å²) in [6.45, 7) is 18.9. The molecule has 0 aliphatic carbocycles. The molecule has 0 radical (unpaired) electrons. The van der Waals surface area contributed by atoms with Crippen LogP contribution in [0.2, 0.25) is 0 Å². The Balaban J connectivity index is 2.49. The van der Waals surface area contributed by atoms with Crippen molar-refractivity contribution in [2.45, 2.75) is 67.5 Å². The van der Waals surface area contributed by atoms with Gasteiger partial charge in [-0.1, -0.05) is 59.7 Å². The Labute approximate surface area is 130 Å². The van der Waals surface area contributed by atoms with Crippen molar-refractivity contribution in [2.24, 2.45) is 10.8 Å². The van der Waals surface area contributed by atoms with Gasteiger partial charge in [-0.15, -0.1) is 0 Å². The number of hydrogen-bond acceptors (Lipinski definition) is 2. The third kappa shape index (κ3) is 3.11. The highest BCUT2D eigenvalue weighted by Gasteiger charge is 2.48. The second kappa shape index (κ2) is 5.31. The summed E-state index contributed by atoms with van der Waals surface area (Å²) in [5.74, 6) is 0. The first-order valence-electron chi connectivity index (χ1n) is 7.98. The fourth-order valence-corrected chi connectivity index (χ4v) is 3.60. The normalized spacial score (nSPS) is 23.7. The average molecular weight is 289 g/mol. The summed E-state index contributed by atoms with van der Waals surface area (Å²) >= 11 is 0. The van der Waals surface area contributed by atoms with E-state index in [4.69, 9.17) is 4.74 Å². The molecule has 2 rings (SSSR count). The van der Waals surface area contributed by atoms with Crippen molar-refractivity contribution >= 4 is 5.69 Å². The lowest BCUT2D eigenvalue weighted by Gasteiger charge is -2.42. The zero-order valence-corrected chi connectivity index (χ0v) is 14.9. The molecule has 0 spiro atoms. The van der Waals surface area contributed by atoms with Crippen LogP contribution in [0.4, 0.5) is 5.69 Å². The van der Waals surface area contributed by atoms with Crippen LogP contribution in [-0.4, -0.2) is 18.9 Å². The van der Waals surface area contributed by atoms with Gasteiger partial charge in [0.15, 0.2) is 0 Å². The highest BCUT2D eigenvalue weighted by atomic mass is 16.5. The summed E-state index contributed by atoms with van der Waals surface area (Å²) in [6, 6.07) is 6.93. The maximum absolute atomic E-state index is 6.26. The van der Waals surface area contributed by atoms with Gasteiger partial charge in [-0.05, 0) is 35.8 Å². The smallest absolute Gasteiger partial charge is 0.119 e. The molecule has 2 nitrogen and oxygen atoms in total. The Morgan fingerprint density at radius 3 is 1.90 bits per heavy atom. The summed E-state index contributed by atoms with van der Waals surface area (Å²) in [5.41, 5.74) is 4.33. The van der Waals surface area contributed by atoms with Crippen LogP contribution in [0.1, 0.15) is 52.7 Å². The standard InChI is InChI=1S/C19H31NO/c1-13-10-9-11-14(2)15(13)20-12-21-17(19(6,7)8)16(20)18(3,4)5/h9-11,16-17H,12H2,1-8H3/t16-,17+/m0/s1. The molecule has 0 aromatic heterocycles. The molecule has 0 bridgehead atoms. The van der Waals surface area contributed by atoms with E-state index in [1.165, 1.54) is 16.8 Å². The van der Waals surface area contributed by atoms with Gasteiger partial charge in [0.2, 0.25) is 0 Å². The van der Waals surface area contributed by atoms with Crippen LogP contribution in [0.3, 0.4) is 0 Å². The molecule has 1 aromatic carbocycles. The first kappa shape index (κ1) is 16.4. The topological polar surface area (TPSA) is 12.5 Å². The summed E-state index contributed by atoms with van der Waals surface area (Å²) in [4.78, 5) is 2.49. The fraction of sp³-hybridized carbons (Fsp3) is 0.684. The van der Waals surface area contributed by atoms with Crippen molar-refractivity contribution in [3.63, 3.8) is 0 Å². The van der Waals surface area contributed by atoms with E-state index in [0.717, 1.165) is 0 Å². The molecule has 21 heavy (non-hydrogen) atoms. The van der Waals surface area contributed by atoms with E-state index >= 15 is 0 Å². The molecule has 1 heterocycles. The van der Waals surface area contributed by atoms with Gasteiger partial charge in [0, 0.05) is 5.69 Å². The lowest BCUT2D eigenvalue weighted by atomic mass is 9.74. The lowest BCUT2D eigenvalue weighted by Crippen LogP contribution is -2.50. The Kier molecular flexibility index (Phi) is 4.14. The van der Waals surface area contributed by atoms with Gasteiger partial charge in [0.1, 0.15) is 6.73 Å². The Bertz CT molecular complexity index is 487. The van der Waals surface area contributed by atoms with Crippen LogP contribution in [0.25, 0.3) is 0 Å². The quantitative estimate of drug-likeness (QED) is 0.727. The second-order valence-electron chi connectivity index (χ2n) is 8.60. The van der Waals surface area contributed by atoms with E-state index < -0.39 is 0 Å². The van der Waals surface area contributed by atoms with Crippen LogP contribution >= 0.6 is 0 Å². The van der Waals surface area contributed by atoms with Gasteiger partial charge in [-0.25, -0.2) is 0 Å². The van der Waals surface area contributed by atoms with Crippen LogP contribution < -0.4 is 4.90 Å². The van der Waals surface area contributed by atoms with Gasteiger partial charge in [-0.2, -0.15) is 0 Å². The van der Waals surface area contributed by atoms with Crippen molar-refractivity contribution < 1.29 is 4.74 Å². The molecule has 1 saturated heterocycles. The van der Waals surface area contributed by atoms with Gasteiger partial charge in [-0.3, -0.25) is 0 Å². The van der Waals surface area contributed by atoms with E-state index in [-0.39, 0.29) is 16.9 Å². The van der Waals surface area contributed by atoms with E-state index in [0.29, 0.717) is 12.8 Å². The molecule has 1 aliphatic heterocycles. The number of rotatable bonds is 1. The minimum Gasteiger partial charge on any atom is -0.355 e. The second-order valence-corrected chi connectivity index (χ2v) is 8.60. The van der Waals surface area contributed by atoms with Crippen LogP contribution in [0, 0.1) is 24.7 Å². The molecule has 1 aromatic rings. The number of nitrogens with zero attached hydrogens (tertiary/aromatic N) is 1. The number of ether oxygens (including phenoxy) is 1. The monoisotopic (exact) mass is 289 g/mol. The molecule has 0 amide bonds. The first-order valence-corrected chi connectivity index (χ1v) is 7.98. The minimum atomic E-state index is 0.142. The Morgan fingerprint density at radius 1 is 0.952 bits per heavy atom. The van der Waals surface area contributed by atoms with Crippen LogP contribution in [0.15, 0.2) is 18.2 Å². The van der Waals surface area contributed by atoms with Gasteiger partial charge in [0.25, 0.3) is 0 Å². The highest BCUT2D eigenvalue weighted by molar-refractivity contribution is 5.60. The average Bonchev–Trinajstić information content (AvgIpc) is 2.72. The molecule has 0 unspecified atom stereocenters. The van der Waals surface area contributed by atoms with E-state index in [2.05, 4.69) is 78.5 Å².